The Morgan fingerprint density at radius 3 is 2.96 bits per heavy atom. The number of carbonyl (C=O) groups excluding carboxylic acids is 1. The van der Waals surface area contributed by atoms with E-state index < -0.39 is 0 Å². The number of hydrogen-bond acceptors (Lipinski definition) is 6. The third-order valence-corrected chi connectivity index (χ3v) is 4.34. The maximum Gasteiger partial charge on any atom is 0.240 e. The summed E-state index contributed by atoms with van der Waals surface area (Å²) in [6.07, 6.45) is 2.51. The molecule has 2 rings (SSSR count). The minimum Gasteiger partial charge on any atom is -0.468 e. The van der Waals surface area contributed by atoms with Crippen LogP contribution in [0.1, 0.15) is 23.3 Å². The number of amides is 1. The lowest BCUT2D eigenvalue weighted by Gasteiger charge is -2.19. The van der Waals surface area contributed by atoms with Crippen molar-refractivity contribution >= 4 is 22.4 Å². The van der Waals surface area contributed by atoms with Gasteiger partial charge in [0.25, 0.3) is 0 Å². The van der Waals surface area contributed by atoms with Crippen molar-refractivity contribution in [2.45, 2.75) is 26.8 Å². The Morgan fingerprint density at radius 1 is 1.52 bits per heavy atom. The summed E-state index contributed by atoms with van der Waals surface area (Å²) in [5, 5.41) is 3.54. The fraction of sp³-hybridized carbons (Fsp3) is 0.500. The van der Waals surface area contributed by atoms with E-state index in [-0.39, 0.29) is 12.5 Å². The summed E-state index contributed by atoms with van der Waals surface area (Å²) in [5.74, 6) is 0.747. The van der Waals surface area contributed by atoms with Gasteiger partial charge < -0.3 is 14.5 Å². The van der Waals surface area contributed by atoms with Crippen LogP contribution < -0.4 is 5.32 Å². The van der Waals surface area contributed by atoms with Crippen molar-refractivity contribution in [1.29, 1.82) is 0 Å². The third-order valence-electron chi connectivity index (χ3n) is 3.41. The summed E-state index contributed by atoms with van der Waals surface area (Å²) in [5.41, 5.74) is 1.04. The molecule has 0 bridgehead atoms. The average molecular weight is 337 g/mol. The summed E-state index contributed by atoms with van der Waals surface area (Å²) < 4.78 is 10.5. The molecule has 0 atom stereocenters. The molecule has 2 aromatic heterocycles. The van der Waals surface area contributed by atoms with Crippen LogP contribution in [0.4, 0.5) is 5.13 Å². The topological polar surface area (TPSA) is 67.6 Å². The number of hydrogen-bond donors (Lipinski definition) is 1. The van der Waals surface area contributed by atoms with Gasteiger partial charge in [0.1, 0.15) is 5.76 Å². The Kier molecular flexibility index (Phi) is 6.76. The van der Waals surface area contributed by atoms with E-state index in [4.69, 9.17) is 9.15 Å². The van der Waals surface area contributed by atoms with E-state index in [2.05, 4.69) is 17.2 Å². The van der Waals surface area contributed by atoms with E-state index in [1.807, 2.05) is 24.0 Å². The van der Waals surface area contributed by atoms with Crippen LogP contribution in [0.15, 0.2) is 22.8 Å². The van der Waals surface area contributed by atoms with Gasteiger partial charge in [-0.15, -0.1) is 11.3 Å². The maximum absolute atomic E-state index is 12.3. The number of aromatic nitrogens is 1. The Bertz CT molecular complexity index is 610. The summed E-state index contributed by atoms with van der Waals surface area (Å²) >= 11 is 1.51. The Morgan fingerprint density at radius 2 is 2.35 bits per heavy atom. The lowest BCUT2D eigenvalue weighted by atomic mass is 10.3. The van der Waals surface area contributed by atoms with Gasteiger partial charge in [0.15, 0.2) is 5.13 Å². The van der Waals surface area contributed by atoms with E-state index in [9.17, 15) is 4.79 Å². The minimum absolute atomic E-state index is 0.0796. The standard InChI is InChI=1S/C16H23N3O3S/c1-4-14-12(2)23-16(17-14)18-15(20)11-19(7-9-21-3)10-13-6-5-8-22-13/h5-6,8H,4,7,9-11H2,1-3H3,(H,17,18,20). The molecule has 1 N–H and O–H groups in total. The molecule has 2 heterocycles. The quantitative estimate of drug-likeness (QED) is 0.762. The van der Waals surface area contributed by atoms with Crippen LogP contribution in [-0.4, -0.2) is 42.6 Å². The van der Waals surface area contributed by atoms with E-state index in [1.54, 1.807) is 13.4 Å². The number of nitrogens with one attached hydrogen (secondary N) is 1. The SMILES string of the molecule is CCc1nc(NC(=O)CN(CCOC)Cc2ccco2)sc1C. The second-order valence-electron chi connectivity index (χ2n) is 5.21. The molecule has 0 unspecified atom stereocenters. The number of thiazole rings is 1. The number of anilines is 1. The van der Waals surface area contributed by atoms with Gasteiger partial charge in [0.2, 0.25) is 5.91 Å². The highest BCUT2D eigenvalue weighted by molar-refractivity contribution is 7.15. The van der Waals surface area contributed by atoms with Crippen molar-refractivity contribution in [3.05, 3.63) is 34.7 Å². The molecule has 1 amide bonds. The van der Waals surface area contributed by atoms with Crippen molar-refractivity contribution in [3.63, 3.8) is 0 Å². The zero-order valence-corrected chi connectivity index (χ0v) is 14.6. The molecule has 0 spiro atoms. The van der Waals surface area contributed by atoms with Crippen LogP contribution in [0.5, 0.6) is 0 Å². The van der Waals surface area contributed by atoms with Gasteiger partial charge in [0, 0.05) is 18.5 Å². The highest BCUT2D eigenvalue weighted by Crippen LogP contribution is 2.22. The van der Waals surface area contributed by atoms with Gasteiger partial charge in [-0.2, -0.15) is 0 Å². The smallest absolute Gasteiger partial charge is 0.240 e. The molecule has 23 heavy (non-hydrogen) atoms. The van der Waals surface area contributed by atoms with Crippen molar-refractivity contribution in [1.82, 2.24) is 9.88 Å². The highest BCUT2D eigenvalue weighted by atomic mass is 32.1. The Balaban J connectivity index is 1.92. The first-order valence-corrected chi connectivity index (χ1v) is 8.43. The Labute approximate surface area is 140 Å². The number of nitrogens with zero attached hydrogens (tertiary/aromatic N) is 2. The zero-order chi connectivity index (χ0) is 16.7. The number of carbonyl (C=O) groups is 1. The first-order chi connectivity index (χ1) is 11.1. The van der Waals surface area contributed by atoms with Crippen molar-refractivity contribution < 1.29 is 13.9 Å². The fourth-order valence-electron chi connectivity index (χ4n) is 2.23. The molecular formula is C16H23N3O3S. The summed E-state index contributed by atoms with van der Waals surface area (Å²) in [6, 6.07) is 3.74. The molecule has 0 radical (unpaired) electrons. The summed E-state index contributed by atoms with van der Waals surface area (Å²) in [7, 11) is 1.65. The van der Waals surface area contributed by atoms with Gasteiger partial charge in [-0.3, -0.25) is 9.69 Å². The largest absolute Gasteiger partial charge is 0.468 e. The molecule has 0 aliphatic heterocycles. The predicted octanol–water partition coefficient (Wildman–Crippen LogP) is 2.69. The second-order valence-corrected chi connectivity index (χ2v) is 6.41. The number of methoxy groups -OCH3 is 1. The molecule has 0 saturated carbocycles. The van der Waals surface area contributed by atoms with Crippen molar-refractivity contribution in [2.75, 3.05) is 32.1 Å². The van der Waals surface area contributed by atoms with Crippen LogP contribution in [0.3, 0.4) is 0 Å². The Hall–Kier alpha value is -1.70. The lowest BCUT2D eigenvalue weighted by molar-refractivity contribution is -0.117. The average Bonchev–Trinajstić information content (AvgIpc) is 3.14. The molecule has 6 nitrogen and oxygen atoms in total. The first kappa shape index (κ1) is 17.7. The number of furan rings is 1. The molecule has 2 aromatic rings. The maximum atomic E-state index is 12.3. The van der Waals surface area contributed by atoms with Crippen LogP contribution >= 0.6 is 11.3 Å². The van der Waals surface area contributed by atoms with Gasteiger partial charge in [-0.1, -0.05) is 6.92 Å². The van der Waals surface area contributed by atoms with E-state index in [0.29, 0.717) is 24.8 Å². The second kappa shape index (κ2) is 8.81. The normalized spacial score (nSPS) is 11.1. The van der Waals surface area contributed by atoms with Crippen molar-refractivity contribution in [3.8, 4) is 0 Å². The van der Waals surface area contributed by atoms with Gasteiger partial charge in [-0.05, 0) is 25.5 Å². The van der Waals surface area contributed by atoms with Gasteiger partial charge >= 0.3 is 0 Å². The minimum atomic E-state index is -0.0796. The molecule has 0 fully saturated rings. The molecule has 126 valence electrons. The third kappa shape index (κ3) is 5.46. The van der Waals surface area contributed by atoms with Crippen LogP contribution in [0, 0.1) is 6.92 Å². The molecule has 7 heteroatoms. The molecule has 0 aliphatic carbocycles. The van der Waals surface area contributed by atoms with Gasteiger partial charge in [-0.25, -0.2) is 4.98 Å². The monoisotopic (exact) mass is 337 g/mol. The predicted molar refractivity (Wildman–Crippen MR) is 90.7 cm³/mol. The van der Waals surface area contributed by atoms with Crippen LogP contribution in [0.2, 0.25) is 0 Å². The molecule has 0 saturated heterocycles. The van der Waals surface area contributed by atoms with Gasteiger partial charge in [0.05, 0.1) is 31.7 Å². The lowest BCUT2D eigenvalue weighted by Crippen LogP contribution is -2.35. The molecular weight excluding hydrogens is 314 g/mol. The highest BCUT2D eigenvalue weighted by Gasteiger charge is 2.15. The van der Waals surface area contributed by atoms with E-state index in [0.717, 1.165) is 22.8 Å². The zero-order valence-electron chi connectivity index (χ0n) is 13.8. The van der Waals surface area contributed by atoms with E-state index >= 15 is 0 Å². The number of rotatable bonds is 9. The van der Waals surface area contributed by atoms with E-state index in [1.165, 1.54) is 11.3 Å². The van der Waals surface area contributed by atoms with Crippen LogP contribution in [0.25, 0.3) is 0 Å². The molecule has 0 aromatic carbocycles. The first-order valence-electron chi connectivity index (χ1n) is 7.62. The summed E-state index contributed by atoms with van der Waals surface area (Å²) in [6.45, 7) is 6.13. The number of ether oxygens (including phenoxy) is 1. The number of aryl methyl sites for hydroxylation is 2. The molecule has 0 aliphatic rings. The van der Waals surface area contributed by atoms with Crippen LogP contribution in [-0.2, 0) is 22.5 Å². The summed E-state index contributed by atoms with van der Waals surface area (Å²) in [4.78, 5) is 19.8. The fourth-order valence-corrected chi connectivity index (χ4v) is 3.15. The van der Waals surface area contributed by atoms with Crippen molar-refractivity contribution in [2.24, 2.45) is 0 Å².